The molecule has 0 bridgehead atoms. The standard InChI is InChI=1S/C15H19N3O/c1-11-9-18-14(12(2)15(11)16)10-19-8-6-13-5-3-4-7-17-13/h3-5,7,9H,6,8,10H2,1-2H3,(H2,16,18). The Morgan fingerprint density at radius 3 is 2.79 bits per heavy atom. The fourth-order valence-corrected chi connectivity index (χ4v) is 1.83. The van der Waals surface area contributed by atoms with E-state index in [0.717, 1.165) is 34.6 Å². The van der Waals surface area contributed by atoms with Crippen LogP contribution in [0.1, 0.15) is 22.5 Å². The van der Waals surface area contributed by atoms with Crippen molar-refractivity contribution in [1.29, 1.82) is 0 Å². The molecule has 0 aliphatic carbocycles. The maximum Gasteiger partial charge on any atom is 0.0891 e. The Morgan fingerprint density at radius 2 is 2.05 bits per heavy atom. The third-order valence-corrected chi connectivity index (χ3v) is 3.14. The number of hydrogen-bond donors (Lipinski definition) is 1. The third kappa shape index (κ3) is 3.51. The van der Waals surface area contributed by atoms with Crippen molar-refractivity contribution in [2.75, 3.05) is 12.3 Å². The number of ether oxygens (including phenoxy) is 1. The molecule has 2 aromatic heterocycles. The predicted molar refractivity (Wildman–Crippen MR) is 75.7 cm³/mol. The zero-order valence-corrected chi connectivity index (χ0v) is 11.4. The lowest BCUT2D eigenvalue weighted by atomic mass is 10.1. The summed E-state index contributed by atoms with van der Waals surface area (Å²) in [6, 6.07) is 5.89. The quantitative estimate of drug-likeness (QED) is 0.836. The number of pyridine rings is 2. The Bertz CT molecular complexity index is 541. The number of aromatic nitrogens is 2. The molecule has 0 radical (unpaired) electrons. The van der Waals surface area contributed by atoms with Crippen molar-refractivity contribution >= 4 is 5.69 Å². The van der Waals surface area contributed by atoms with Crippen LogP contribution >= 0.6 is 0 Å². The van der Waals surface area contributed by atoms with E-state index in [-0.39, 0.29) is 0 Å². The Balaban J connectivity index is 1.85. The van der Waals surface area contributed by atoms with Crippen molar-refractivity contribution in [1.82, 2.24) is 9.97 Å². The molecule has 19 heavy (non-hydrogen) atoms. The van der Waals surface area contributed by atoms with Crippen molar-refractivity contribution in [3.8, 4) is 0 Å². The van der Waals surface area contributed by atoms with E-state index in [1.54, 1.807) is 12.4 Å². The first-order chi connectivity index (χ1) is 9.18. The van der Waals surface area contributed by atoms with Gasteiger partial charge < -0.3 is 10.5 Å². The van der Waals surface area contributed by atoms with E-state index in [2.05, 4.69) is 9.97 Å². The molecular formula is C15H19N3O. The summed E-state index contributed by atoms with van der Waals surface area (Å²) in [5.41, 5.74) is 10.7. The van der Waals surface area contributed by atoms with Gasteiger partial charge in [0.25, 0.3) is 0 Å². The van der Waals surface area contributed by atoms with E-state index in [4.69, 9.17) is 10.5 Å². The van der Waals surface area contributed by atoms with Crippen LogP contribution < -0.4 is 5.73 Å². The average Bonchev–Trinajstić information content (AvgIpc) is 2.44. The van der Waals surface area contributed by atoms with Gasteiger partial charge in [0.15, 0.2) is 0 Å². The van der Waals surface area contributed by atoms with Crippen LogP contribution in [0, 0.1) is 13.8 Å². The topological polar surface area (TPSA) is 61.0 Å². The van der Waals surface area contributed by atoms with Crippen LogP contribution in [0.5, 0.6) is 0 Å². The molecular weight excluding hydrogens is 238 g/mol. The number of nitrogens with two attached hydrogens (primary N) is 1. The van der Waals surface area contributed by atoms with Gasteiger partial charge in [0.1, 0.15) is 0 Å². The molecule has 2 rings (SSSR count). The molecule has 0 atom stereocenters. The molecule has 0 aliphatic heterocycles. The third-order valence-electron chi connectivity index (χ3n) is 3.14. The second-order valence-electron chi connectivity index (χ2n) is 4.55. The van der Waals surface area contributed by atoms with Crippen molar-refractivity contribution in [3.63, 3.8) is 0 Å². The van der Waals surface area contributed by atoms with Gasteiger partial charge in [-0.1, -0.05) is 6.07 Å². The Hall–Kier alpha value is -1.94. The van der Waals surface area contributed by atoms with Crippen LogP contribution in [0.4, 0.5) is 5.69 Å². The molecule has 0 spiro atoms. The highest BCUT2D eigenvalue weighted by atomic mass is 16.5. The average molecular weight is 257 g/mol. The van der Waals surface area contributed by atoms with Crippen LogP contribution in [0.25, 0.3) is 0 Å². The molecule has 4 nitrogen and oxygen atoms in total. The summed E-state index contributed by atoms with van der Waals surface area (Å²) in [6.45, 7) is 5.06. The van der Waals surface area contributed by atoms with E-state index in [9.17, 15) is 0 Å². The van der Waals surface area contributed by atoms with E-state index in [0.29, 0.717) is 13.2 Å². The van der Waals surface area contributed by atoms with Gasteiger partial charge in [-0.3, -0.25) is 9.97 Å². The van der Waals surface area contributed by atoms with E-state index >= 15 is 0 Å². The Morgan fingerprint density at radius 1 is 1.21 bits per heavy atom. The normalized spacial score (nSPS) is 10.6. The summed E-state index contributed by atoms with van der Waals surface area (Å²) in [5, 5.41) is 0. The van der Waals surface area contributed by atoms with Gasteiger partial charge >= 0.3 is 0 Å². The summed E-state index contributed by atoms with van der Waals surface area (Å²) in [5.74, 6) is 0. The first-order valence-electron chi connectivity index (χ1n) is 6.36. The van der Waals surface area contributed by atoms with Gasteiger partial charge in [-0.25, -0.2) is 0 Å². The number of nitrogens with zero attached hydrogens (tertiary/aromatic N) is 2. The Labute approximate surface area is 113 Å². The summed E-state index contributed by atoms with van der Waals surface area (Å²) in [4.78, 5) is 8.61. The lowest BCUT2D eigenvalue weighted by Crippen LogP contribution is -2.06. The lowest BCUT2D eigenvalue weighted by Gasteiger charge is -2.10. The van der Waals surface area contributed by atoms with E-state index in [1.807, 2.05) is 32.0 Å². The van der Waals surface area contributed by atoms with Gasteiger partial charge in [0.05, 0.1) is 18.9 Å². The molecule has 0 amide bonds. The molecule has 2 aromatic rings. The second kappa shape index (κ2) is 6.29. The minimum absolute atomic E-state index is 0.489. The molecule has 0 unspecified atom stereocenters. The number of hydrogen-bond acceptors (Lipinski definition) is 4. The van der Waals surface area contributed by atoms with Crippen LogP contribution in [0.15, 0.2) is 30.6 Å². The molecule has 2 heterocycles. The van der Waals surface area contributed by atoms with Crippen molar-refractivity contribution < 1.29 is 4.74 Å². The van der Waals surface area contributed by atoms with Gasteiger partial charge in [0, 0.05) is 30.2 Å². The summed E-state index contributed by atoms with van der Waals surface area (Å²) < 4.78 is 5.64. The smallest absolute Gasteiger partial charge is 0.0891 e. The molecule has 0 aromatic carbocycles. The minimum Gasteiger partial charge on any atom is -0.398 e. The number of aryl methyl sites for hydroxylation is 1. The monoisotopic (exact) mass is 257 g/mol. The molecule has 100 valence electrons. The SMILES string of the molecule is Cc1cnc(COCCc2ccccn2)c(C)c1N. The van der Waals surface area contributed by atoms with Crippen LogP contribution in [0.3, 0.4) is 0 Å². The Kier molecular flexibility index (Phi) is 4.47. The number of anilines is 1. The van der Waals surface area contributed by atoms with Crippen molar-refractivity contribution in [3.05, 3.63) is 53.1 Å². The van der Waals surface area contributed by atoms with Gasteiger partial charge in [0.2, 0.25) is 0 Å². The first kappa shape index (κ1) is 13.5. The van der Waals surface area contributed by atoms with E-state index in [1.165, 1.54) is 0 Å². The molecule has 0 saturated heterocycles. The van der Waals surface area contributed by atoms with Crippen molar-refractivity contribution in [2.45, 2.75) is 26.9 Å². The summed E-state index contributed by atoms with van der Waals surface area (Å²) in [7, 11) is 0. The molecule has 4 heteroatoms. The number of rotatable bonds is 5. The van der Waals surface area contributed by atoms with Crippen LogP contribution in [0.2, 0.25) is 0 Å². The minimum atomic E-state index is 0.489. The van der Waals surface area contributed by atoms with Crippen LogP contribution in [-0.2, 0) is 17.8 Å². The van der Waals surface area contributed by atoms with Gasteiger partial charge in [-0.2, -0.15) is 0 Å². The maximum atomic E-state index is 5.97. The summed E-state index contributed by atoms with van der Waals surface area (Å²) >= 11 is 0. The largest absolute Gasteiger partial charge is 0.398 e. The highest BCUT2D eigenvalue weighted by Gasteiger charge is 2.06. The maximum absolute atomic E-state index is 5.97. The van der Waals surface area contributed by atoms with Crippen molar-refractivity contribution in [2.24, 2.45) is 0 Å². The van der Waals surface area contributed by atoms with Crippen LogP contribution in [-0.4, -0.2) is 16.6 Å². The molecule has 0 saturated carbocycles. The lowest BCUT2D eigenvalue weighted by molar-refractivity contribution is 0.120. The molecule has 0 aliphatic rings. The van der Waals surface area contributed by atoms with E-state index < -0.39 is 0 Å². The fraction of sp³-hybridized carbons (Fsp3) is 0.333. The fourth-order valence-electron chi connectivity index (χ4n) is 1.83. The zero-order valence-electron chi connectivity index (χ0n) is 11.4. The number of nitrogen functional groups attached to an aromatic ring is 1. The predicted octanol–water partition coefficient (Wildman–Crippen LogP) is 2.43. The highest BCUT2D eigenvalue weighted by Crippen LogP contribution is 2.18. The highest BCUT2D eigenvalue weighted by molar-refractivity contribution is 5.53. The zero-order chi connectivity index (χ0) is 13.7. The van der Waals surface area contributed by atoms with Gasteiger partial charge in [-0.15, -0.1) is 0 Å². The second-order valence-corrected chi connectivity index (χ2v) is 4.55. The first-order valence-corrected chi connectivity index (χ1v) is 6.36. The summed E-state index contributed by atoms with van der Waals surface area (Å²) in [6.07, 6.45) is 4.39. The molecule has 0 fully saturated rings. The molecule has 2 N–H and O–H groups in total. The van der Waals surface area contributed by atoms with Gasteiger partial charge in [-0.05, 0) is 37.1 Å².